The lowest BCUT2D eigenvalue weighted by molar-refractivity contribution is 0.242. The van der Waals surface area contributed by atoms with E-state index in [0.29, 0.717) is 0 Å². The van der Waals surface area contributed by atoms with Crippen molar-refractivity contribution in [2.45, 2.75) is 32.9 Å². The van der Waals surface area contributed by atoms with E-state index in [-0.39, 0.29) is 12.1 Å². The topological polar surface area (TPSA) is 35.2 Å². The molecule has 0 heterocycles. The molecule has 0 fully saturated rings. The molecule has 2 aromatic rings. The summed E-state index contributed by atoms with van der Waals surface area (Å²) in [6.45, 7) is 6.00. The molecule has 0 spiro atoms. The number of rotatable bonds is 4. The van der Waals surface area contributed by atoms with Crippen LogP contribution in [0.4, 0.5) is 0 Å². The largest absolute Gasteiger partial charge is 0.491 e. The normalized spacial score (nSPS) is 12.5. The first-order valence-electron chi connectivity index (χ1n) is 6.76. The molecule has 106 valence electrons. The van der Waals surface area contributed by atoms with Crippen LogP contribution in [-0.2, 0) is 0 Å². The first-order chi connectivity index (χ1) is 9.49. The number of aryl methyl sites for hydroxylation is 1. The van der Waals surface area contributed by atoms with Gasteiger partial charge in [-0.05, 0) is 49.6 Å². The quantitative estimate of drug-likeness (QED) is 0.900. The summed E-state index contributed by atoms with van der Waals surface area (Å²) < 4.78 is 5.63. The second kappa shape index (κ2) is 6.29. The number of nitrogens with two attached hydrogens (primary N) is 1. The Bertz CT molecular complexity index is 578. The van der Waals surface area contributed by atoms with Crippen molar-refractivity contribution in [2.75, 3.05) is 0 Å². The SMILES string of the molecule is Cc1cccc(C(N)c2ccc(OC(C)C)cc2)c1Cl. The zero-order chi connectivity index (χ0) is 14.7. The van der Waals surface area contributed by atoms with Crippen molar-refractivity contribution in [3.63, 3.8) is 0 Å². The van der Waals surface area contributed by atoms with Gasteiger partial charge in [-0.3, -0.25) is 0 Å². The van der Waals surface area contributed by atoms with Gasteiger partial charge >= 0.3 is 0 Å². The van der Waals surface area contributed by atoms with E-state index in [0.717, 1.165) is 27.5 Å². The zero-order valence-electron chi connectivity index (χ0n) is 12.1. The van der Waals surface area contributed by atoms with Crippen LogP contribution in [0.25, 0.3) is 0 Å². The summed E-state index contributed by atoms with van der Waals surface area (Å²) in [6.07, 6.45) is 0.167. The molecule has 0 aromatic heterocycles. The number of ether oxygens (including phenoxy) is 1. The summed E-state index contributed by atoms with van der Waals surface area (Å²) in [7, 11) is 0. The monoisotopic (exact) mass is 289 g/mol. The van der Waals surface area contributed by atoms with E-state index in [9.17, 15) is 0 Å². The minimum absolute atomic E-state index is 0.167. The summed E-state index contributed by atoms with van der Waals surface area (Å²) >= 11 is 6.33. The van der Waals surface area contributed by atoms with Crippen LogP contribution in [0.15, 0.2) is 42.5 Å². The van der Waals surface area contributed by atoms with Crippen molar-refractivity contribution in [1.82, 2.24) is 0 Å². The molecule has 0 aliphatic carbocycles. The highest BCUT2D eigenvalue weighted by Gasteiger charge is 2.13. The summed E-state index contributed by atoms with van der Waals surface area (Å²) in [5, 5.41) is 0.738. The van der Waals surface area contributed by atoms with Crippen molar-refractivity contribution in [3.8, 4) is 5.75 Å². The Balaban J connectivity index is 2.25. The number of hydrogen-bond donors (Lipinski definition) is 1. The first-order valence-corrected chi connectivity index (χ1v) is 7.14. The van der Waals surface area contributed by atoms with Gasteiger partial charge in [0.1, 0.15) is 5.75 Å². The van der Waals surface area contributed by atoms with Gasteiger partial charge in [-0.15, -0.1) is 0 Å². The predicted octanol–water partition coefficient (Wildman–Crippen LogP) is 4.48. The van der Waals surface area contributed by atoms with Gasteiger partial charge in [0.05, 0.1) is 12.1 Å². The standard InChI is InChI=1S/C17H20ClNO/c1-11(2)20-14-9-7-13(8-10-14)17(19)15-6-4-5-12(3)16(15)18/h4-11,17H,19H2,1-3H3. The van der Waals surface area contributed by atoms with Crippen LogP contribution in [0.3, 0.4) is 0 Å². The van der Waals surface area contributed by atoms with E-state index in [1.54, 1.807) is 0 Å². The molecule has 3 heteroatoms. The van der Waals surface area contributed by atoms with Crippen LogP contribution >= 0.6 is 11.6 Å². The van der Waals surface area contributed by atoms with Gasteiger partial charge < -0.3 is 10.5 Å². The number of halogens is 1. The maximum Gasteiger partial charge on any atom is 0.119 e. The van der Waals surface area contributed by atoms with Gasteiger partial charge in [-0.1, -0.05) is 41.9 Å². The van der Waals surface area contributed by atoms with Crippen molar-refractivity contribution in [1.29, 1.82) is 0 Å². The van der Waals surface area contributed by atoms with Gasteiger partial charge in [0.15, 0.2) is 0 Å². The lowest BCUT2D eigenvalue weighted by Gasteiger charge is -2.16. The van der Waals surface area contributed by atoms with Crippen molar-refractivity contribution < 1.29 is 4.74 Å². The highest BCUT2D eigenvalue weighted by Crippen LogP contribution is 2.29. The molecule has 2 rings (SSSR count). The smallest absolute Gasteiger partial charge is 0.119 e. The molecular formula is C17H20ClNO. The van der Waals surface area contributed by atoms with E-state index >= 15 is 0 Å². The molecule has 0 saturated carbocycles. The van der Waals surface area contributed by atoms with Crippen LogP contribution in [0, 0.1) is 6.92 Å². The Morgan fingerprint density at radius 2 is 1.70 bits per heavy atom. The molecule has 0 aliphatic rings. The Labute approximate surface area is 125 Å². The molecule has 0 bridgehead atoms. The Morgan fingerprint density at radius 3 is 2.30 bits per heavy atom. The third-order valence-corrected chi connectivity index (χ3v) is 3.68. The highest BCUT2D eigenvalue weighted by molar-refractivity contribution is 6.32. The van der Waals surface area contributed by atoms with Gasteiger partial charge in [0.25, 0.3) is 0 Å². The molecule has 2 nitrogen and oxygen atoms in total. The molecule has 0 saturated heterocycles. The van der Waals surface area contributed by atoms with Gasteiger partial charge in [0, 0.05) is 5.02 Å². The van der Waals surface area contributed by atoms with Crippen LogP contribution in [0.1, 0.15) is 36.6 Å². The summed E-state index contributed by atoms with van der Waals surface area (Å²) in [5.74, 6) is 0.853. The summed E-state index contributed by atoms with van der Waals surface area (Å²) in [4.78, 5) is 0. The van der Waals surface area contributed by atoms with Gasteiger partial charge in [-0.25, -0.2) is 0 Å². The fraction of sp³-hybridized carbons (Fsp3) is 0.294. The maximum atomic E-state index is 6.33. The molecule has 20 heavy (non-hydrogen) atoms. The minimum atomic E-state index is -0.226. The van der Waals surface area contributed by atoms with Crippen molar-refractivity contribution >= 4 is 11.6 Å². The second-order valence-electron chi connectivity index (χ2n) is 5.19. The molecule has 0 amide bonds. The Hall–Kier alpha value is -1.51. The summed E-state index contributed by atoms with van der Waals surface area (Å²) in [5.41, 5.74) is 9.32. The van der Waals surface area contributed by atoms with E-state index in [4.69, 9.17) is 22.1 Å². The van der Waals surface area contributed by atoms with E-state index in [2.05, 4.69) is 0 Å². The average Bonchev–Trinajstić information content (AvgIpc) is 2.41. The van der Waals surface area contributed by atoms with Gasteiger partial charge in [0.2, 0.25) is 0 Å². The first kappa shape index (κ1) is 14.9. The molecule has 2 N–H and O–H groups in total. The lowest BCUT2D eigenvalue weighted by atomic mass is 9.98. The van der Waals surface area contributed by atoms with Crippen LogP contribution < -0.4 is 10.5 Å². The number of benzene rings is 2. The van der Waals surface area contributed by atoms with E-state index < -0.39 is 0 Å². The highest BCUT2D eigenvalue weighted by atomic mass is 35.5. The average molecular weight is 290 g/mol. The maximum absolute atomic E-state index is 6.33. The minimum Gasteiger partial charge on any atom is -0.491 e. The zero-order valence-corrected chi connectivity index (χ0v) is 12.8. The van der Waals surface area contributed by atoms with Gasteiger partial charge in [-0.2, -0.15) is 0 Å². The molecule has 2 aromatic carbocycles. The fourth-order valence-electron chi connectivity index (χ4n) is 2.12. The van der Waals surface area contributed by atoms with Crippen molar-refractivity contribution in [2.24, 2.45) is 5.73 Å². The van der Waals surface area contributed by atoms with Crippen LogP contribution in [0.2, 0.25) is 5.02 Å². The van der Waals surface area contributed by atoms with E-state index in [1.165, 1.54) is 0 Å². The Morgan fingerprint density at radius 1 is 1.05 bits per heavy atom. The molecule has 0 aliphatic heterocycles. The van der Waals surface area contributed by atoms with Crippen LogP contribution in [-0.4, -0.2) is 6.10 Å². The molecule has 1 unspecified atom stereocenters. The predicted molar refractivity (Wildman–Crippen MR) is 84.4 cm³/mol. The second-order valence-corrected chi connectivity index (χ2v) is 5.57. The lowest BCUT2D eigenvalue weighted by Crippen LogP contribution is -2.13. The third-order valence-electron chi connectivity index (χ3n) is 3.17. The number of hydrogen-bond acceptors (Lipinski definition) is 2. The van der Waals surface area contributed by atoms with Crippen molar-refractivity contribution in [3.05, 3.63) is 64.2 Å². The molecule has 1 atom stereocenters. The summed E-state index contributed by atoms with van der Waals surface area (Å²) in [6, 6.07) is 13.6. The fourth-order valence-corrected chi connectivity index (χ4v) is 2.36. The Kier molecular flexibility index (Phi) is 4.69. The van der Waals surface area contributed by atoms with Crippen LogP contribution in [0.5, 0.6) is 5.75 Å². The molecule has 0 radical (unpaired) electrons. The van der Waals surface area contributed by atoms with E-state index in [1.807, 2.05) is 63.2 Å². The third kappa shape index (κ3) is 3.33. The molecular weight excluding hydrogens is 270 g/mol.